The fourth-order valence-electron chi connectivity index (χ4n) is 4.95. The Labute approximate surface area is 234 Å². The van der Waals surface area contributed by atoms with Crippen LogP contribution in [0.15, 0.2) is 82.9 Å². The van der Waals surface area contributed by atoms with E-state index in [4.69, 9.17) is 9.47 Å². The Morgan fingerprint density at radius 1 is 0.951 bits per heavy atom. The smallest absolute Gasteiger partial charge is 0.316 e. The molecule has 13 heteroatoms. The van der Waals surface area contributed by atoms with E-state index in [9.17, 15) is 22.0 Å². The lowest BCUT2D eigenvalue weighted by Gasteiger charge is -2.36. The highest BCUT2D eigenvalue weighted by molar-refractivity contribution is 7.89. The summed E-state index contributed by atoms with van der Waals surface area (Å²) in [6.07, 6.45) is 2.76. The van der Waals surface area contributed by atoms with E-state index in [1.165, 1.54) is 22.8 Å². The van der Waals surface area contributed by atoms with Crippen molar-refractivity contribution in [3.8, 4) is 17.2 Å². The maximum Gasteiger partial charge on any atom is 0.316 e. The second-order valence-corrected chi connectivity index (χ2v) is 11.5. The van der Waals surface area contributed by atoms with Gasteiger partial charge in [-0.05, 0) is 35.9 Å². The molecular formula is C28H25F2N5O5S. The molecule has 0 bridgehead atoms. The van der Waals surface area contributed by atoms with Gasteiger partial charge in [0.15, 0.2) is 5.03 Å². The molecule has 0 spiro atoms. The lowest BCUT2D eigenvalue weighted by atomic mass is 10.0. The molecule has 1 unspecified atom stereocenters. The van der Waals surface area contributed by atoms with Gasteiger partial charge in [0.2, 0.25) is 5.75 Å². The Morgan fingerprint density at radius 2 is 1.68 bits per heavy atom. The quantitative estimate of drug-likeness (QED) is 0.342. The van der Waals surface area contributed by atoms with E-state index in [-0.39, 0.29) is 49.2 Å². The second kappa shape index (κ2) is 10.9. The van der Waals surface area contributed by atoms with Crippen molar-refractivity contribution < 1.29 is 26.7 Å². The first-order valence-corrected chi connectivity index (χ1v) is 14.4. The summed E-state index contributed by atoms with van der Waals surface area (Å²) in [6.45, 7) is 0.939. The number of hydrogen-bond donors (Lipinski definition) is 0. The van der Waals surface area contributed by atoms with Crippen molar-refractivity contribution in [1.82, 2.24) is 19.1 Å². The summed E-state index contributed by atoms with van der Waals surface area (Å²) in [4.78, 5) is 19.5. The molecule has 2 aliphatic rings. The summed E-state index contributed by atoms with van der Waals surface area (Å²) in [5, 5.41) is 4.15. The number of aromatic nitrogens is 3. The molecule has 1 atom stereocenters. The highest BCUT2D eigenvalue weighted by Gasteiger charge is 2.32. The van der Waals surface area contributed by atoms with Gasteiger partial charge in [0.05, 0.1) is 11.9 Å². The van der Waals surface area contributed by atoms with Crippen LogP contribution in [0.1, 0.15) is 5.56 Å². The average molecular weight is 582 g/mol. The van der Waals surface area contributed by atoms with Gasteiger partial charge in [-0.15, -0.1) is 0 Å². The van der Waals surface area contributed by atoms with Crippen LogP contribution in [0.25, 0.3) is 5.69 Å². The van der Waals surface area contributed by atoms with E-state index >= 15 is 0 Å². The van der Waals surface area contributed by atoms with E-state index in [2.05, 4.69) is 10.1 Å². The number of nitrogens with zero attached hydrogens (tertiary/aromatic N) is 5. The number of ether oxygens (including phenoxy) is 2. The second-order valence-electron chi connectivity index (χ2n) is 9.63. The SMILES string of the molecule is O=c1c(OC2COc3ccccc3C2)c(N2CCN(S(=O)(=O)c3ccccn3)CC2)cnn1-c1cc(F)cc(F)c1. The highest BCUT2D eigenvalue weighted by Crippen LogP contribution is 2.31. The first-order chi connectivity index (χ1) is 19.8. The lowest BCUT2D eigenvalue weighted by molar-refractivity contribution is 0.110. The van der Waals surface area contributed by atoms with Gasteiger partial charge >= 0.3 is 5.56 Å². The number of hydrogen-bond acceptors (Lipinski definition) is 8. The van der Waals surface area contributed by atoms with E-state index in [1.807, 2.05) is 29.2 Å². The highest BCUT2D eigenvalue weighted by atomic mass is 32.2. The Bertz CT molecular complexity index is 1720. The van der Waals surface area contributed by atoms with Crippen LogP contribution in [0.2, 0.25) is 0 Å². The Morgan fingerprint density at radius 3 is 2.41 bits per heavy atom. The van der Waals surface area contributed by atoms with Crippen molar-refractivity contribution in [1.29, 1.82) is 0 Å². The standard InChI is InChI=1S/C28H25F2N5O5S/c29-20-14-21(30)16-22(15-20)35-28(36)27(40-23-13-19-5-1-2-6-25(19)39-18-23)24(17-32-35)33-9-11-34(12-10-33)41(37,38)26-7-3-4-8-31-26/h1-8,14-17,23H,9-13,18H2. The van der Waals surface area contributed by atoms with Crippen molar-refractivity contribution in [3.63, 3.8) is 0 Å². The maximum absolute atomic E-state index is 14.0. The number of benzene rings is 2. The molecule has 0 amide bonds. The fourth-order valence-corrected chi connectivity index (χ4v) is 6.31. The Kier molecular flexibility index (Phi) is 7.14. The van der Waals surface area contributed by atoms with Crippen LogP contribution in [-0.2, 0) is 16.4 Å². The summed E-state index contributed by atoms with van der Waals surface area (Å²) in [7, 11) is -3.79. The summed E-state index contributed by atoms with van der Waals surface area (Å²) in [5.41, 5.74) is 0.451. The van der Waals surface area contributed by atoms with Crippen LogP contribution in [0.5, 0.6) is 11.5 Å². The van der Waals surface area contributed by atoms with Crippen molar-refractivity contribution >= 4 is 15.7 Å². The molecule has 4 aromatic rings. The molecule has 1 saturated heterocycles. The van der Waals surface area contributed by atoms with Crippen LogP contribution in [-0.4, -0.2) is 66.4 Å². The molecule has 212 valence electrons. The topological polar surface area (TPSA) is 107 Å². The van der Waals surface area contributed by atoms with Crippen LogP contribution < -0.4 is 19.9 Å². The Balaban J connectivity index is 1.32. The summed E-state index contributed by atoms with van der Waals surface area (Å²) >= 11 is 0. The van der Waals surface area contributed by atoms with Gasteiger partial charge < -0.3 is 14.4 Å². The monoisotopic (exact) mass is 581 g/mol. The van der Waals surface area contributed by atoms with Gasteiger partial charge in [-0.25, -0.2) is 22.2 Å². The van der Waals surface area contributed by atoms with Crippen LogP contribution in [0.3, 0.4) is 0 Å². The zero-order valence-corrected chi connectivity index (χ0v) is 22.5. The van der Waals surface area contributed by atoms with Gasteiger partial charge in [-0.2, -0.15) is 14.1 Å². The lowest BCUT2D eigenvalue weighted by Crippen LogP contribution is -2.49. The number of sulfonamides is 1. The molecule has 4 heterocycles. The molecule has 10 nitrogen and oxygen atoms in total. The van der Waals surface area contributed by atoms with E-state index in [0.717, 1.165) is 28.1 Å². The van der Waals surface area contributed by atoms with Crippen molar-refractivity contribution in [2.45, 2.75) is 17.6 Å². The predicted octanol–water partition coefficient (Wildman–Crippen LogP) is 2.80. The first-order valence-electron chi connectivity index (χ1n) is 12.9. The van der Waals surface area contributed by atoms with Gasteiger partial charge in [0.1, 0.15) is 35.8 Å². The van der Waals surface area contributed by atoms with Crippen LogP contribution in [0, 0.1) is 11.6 Å². The van der Waals surface area contributed by atoms with Crippen LogP contribution in [0.4, 0.5) is 14.5 Å². The number of piperazine rings is 1. The fraction of sp³-hybridized carbons (Fsp3) is 0.250. The third kappa shape index (κ3) is 5.37. The normalized spacial score (nSPS) is 17.5. The number of halogens is 2. The van der Waals surface area contributed by atoms with Crippen LogP contribution >= 0.6 is 0 Å². The zero-order chi connectivity index (χ0) is 28.6. The average Bonchev–Trinajstić information content (AvgIpc) is 2.98. The molecule has 0 N–H and O–H groups in total. The molecule has 0 saturated carbocycles. The number of para-hydroxylation sites is 1. The third-order valence-electron chi connectivity index (χ3n) is 6.96. The molecule has 0 radical (unpaired) electrons. The maximum atomic E-state index is 14.0. The van der Waals surface area contributed by atoms with Crippen molar-refractivity contribution in [2.24, 2.45) is 0 Å². The van der Waals surface area contributed by atoms with Crippen molar-refractivity contribution in [3.05, 3.63) is 101 Å². The number of fused-ring (bicyclic) bond motifs is 1. The molecule has 0 aliphatic carbocycles. The predicted molar refractivity (Wildman–Crippen MR) is 145 cm³/mol. The largest absolute Gasteiger partial charge is 0.489 e. The summed E-state index contributed by atoms with van der Waals surface area (Å²) < 4.78 is 68.4. The number of rotatable bonds is 6. The molecular weight excluding hydrogens is 556 g/mol. The first kappa shape index (κ1) is 26.8. The molecule has 2 aromatic heterocycles. The number of anilines is 1. The third-order valence-corrected chi connectivity index (χ3v) is 8.77. The molecule has 41 heavy (non-hydrogen) atoms. The van der Waals surface area contributed by atoms with Gasteiger partial charge in [-0.1, -0.05) is 24.3 Å². The Hall–Kier alpha value is -4.36. The number of pyridine rings is 1. The van der Waals surface area contributed by atoms with E-state index < -0.39 is 33.3 Å². The minimum Gasteiger partial charge on any atom is -0.489 e. The molecule has 2 aromatic carbocycles. The van der Waals surface area contributed by atoms with Gasteiger partial charge in [0.25, 0.3) is 10.0 Å². The van der Waals surface area contributed by atoms with Crippen molar-refractivity contribution in [2.75, 3.05) is 37.7 Å². The van der Waals surface area contributed by atoms with Gasteiger partial charge in [0, 0.05) is 44.9 Å². The summed E-state index contributed by atoms with van der Waals surface area (Å²) in [6, 6.07) is 14.9. The molecule has 1 fully saturated rings. The van der Waals surface area contributed by atoms with E-state index in [1.54, 1.807) is 12.1 Å². The van der Waals surface area contributed by atoms with E-state index in [0.29, 0.717) is 18.2 Å². The zero-order valence-electron chi connectivity index (χ0n) is 21.7. The minimum absolute atomic E-state index is 0.0401. The minimum atomic E-state index is -3.79. The molecule has 2 aliphatic heterocycles. The molecule has 6 rings (SSSR count). The van der Waals surface area contributed by atoms with Gasteiger partial charge in [-0.3, -0.25) is 4.79 Å². The summed E-state index contributed by atoms with van der Waals surface area (Å²) in [5.74, 6) is -1.05.